The minimum absolute atomic E-state index is 0.0727. The van der Waals surface area contributed by atoms with Gasteiger partial charge in [-0.25, -0.2) is 0 Å². The molecule has 3 rings (SSSR count). The third-order valence-corrected chi connectivity index (χ3v) is 4.98. The largest absolute Gasteiger partial charge is 0.482 e. The molecule has 0 atom stereocenters. The zero-order valence-corrected chi connectivity index (χ0v) is 18.9. The molecule has 33 heavy (non-hydrogen) atoms. The molecule has 0 aliphatic carbocycles. The fourth-order valence-electron chi connectivity index (χ4n) is 2.96. The molecule has 2 amide bonds. The van der Waals surface area contributed by atoms with Crippen LogP contribution in [-0.4, -0.2) is 18.4 Å². The maximum atomic E-state index is 12.4. The highest BCUT2D eigenvalue weighted by Crippen LogP contribution is 2.27. The maximum absolute atomic E-state index is 12.4. The zero-order chi connectivity index (χ0) is 23.8. The van der Waals surface area contributed by atoms with Gasteiger partial charge in [-0.05, 0) is 66.9 Å². The molecule has 0 aromatic heterocycles. The normalized spacial score (nSPS) is 10.8. The lowest BCUT2D eigenvalue weighted by Gasteiger charge is -2.11. The van der Waals surface area contributed by atoms with Crippen LogP contribution in [0.5, 0.6) is 5.75 Å². The summed E-state index contributed by atoms with van der Waals surface area (Å²) in [5.74, 6) is -0.520. The fourth-order valence-corrected chi connectivity index (χ4v) is 3.20. The van der Waals surface area contributed by atoms with Crippen LogP contribution in [0.2, 0.25) is 5.02 Å². The lowest BCUT2D eigenvalue weighted by atomic mass is 10.1. The number of nitrogens with zero attached hydrogens (tertiary/aromatic N) is 1. The van der Waals surface area contributed by atoms with Crippen LogP contribution in [0.4, 0.5) is 11.4 Å². The van der Waals surface area contributed by atoms with Crippen molar-refractivity contribution < 1.29 is 14.3 Å². The molecule has 0 fully saturated rings. The van der Waals surface area contributed by atoms with Crippen LogP contribution in [-0.2, 0) is 9.59 Å². The number of para-hydroxylation sites is 1. The van der Waals surface area contributed by atoms with Gasteiger partial charge in [0.25, 0.3) is 11.8 Å². The molecule has 3 aromatic rings. The third-order valence-electron chi connectivity index (χ3n) is 4.69. The SMILES string of the molecule is Cc1ccc(C)c(NC(=O)COc2ccc(/C=C(\C#N)C(=O)Nc3ccccc3)cc2Cl)c1. The van der Waals surface area contributed by atoms with E-state index >= 15 is 0 Å². The van der Waals surface area contributed by atoms with Crippen molar-refractivity contribution in [1.29, 1.82) is 5.26 Å². The molecule has 0 radical (unpaired) electrons. The van der Waals surface area contributed by atoms with E-state index in [4.69, 9.17) is 16.3 Å². The van der Waals surface area contributed by atoms with E-state index in [9.17, 15) is 14.9 Å². The van der Waals surface area contributed by atoms with Gasteiger partial charge >= 0.3 is 0 Å². The van der Waals surface area contributed by atoms with E-state index in [2.05, 4.69) is 10.6 Å². The monoisotopic (exact) mass is 459 g/mol. The highest BCUT2D eigenvalue weighted by atomic mass is 35.5. The van der Waals surface area contributed by atoms with Gasteiger partial charge in [0.2, 0.25) is 0 Å². The van der Waals surface area contributed by atoms with Gasteiger partial charge in [0, 0.05) is 11.4 Å². The Labute approximate surface area is 197 Å². The minimum atomic E-state index is -0.525. The number of halogens is 1. The molecule has 0 heterocycles. The number of aryl methyl sites for hydroxylation is 2. The van der Waals surface area contributed by atoms with E-state index in [1.54, 1.807) is 42.5 Å². The number of hydrogen-bond donors (Lipinski definition) is 2. The van der Waals surface area contributed by atoms with E-state index in [1.807, 2.05) is 44.2 Å². The lowest BCUT2D eigenvalue weighted by Crippen LogP contribution is -2.20. The molecule has 0 bridgehead atoms. The summed E-state index contributed by atoms with van der Waals surface area (Å²) in [6, 6.07) is 21.3. The summed E-state index contributed by atoms with van der Waals surface area (Å²) in [5, 5.41) is 15.1. The number of benzene rings is 3. The highest BCUT2D eigenvalue weighted by Gasteiger charge is 2.12. The zero-order valence-electron chi connectivity index (χ0n) is 18.2. The summed E-state index contributed by atoms with van der Waals surface area (Å²) in [5.41, 5.74) is 3.78. The number of carbonyl (C=O) groups excluding carboxylic acids is 2. The van der Waals surface area contributed by atoms with Crippen LogP contribution in [0, 0.1) is 25.2 Å². The second kappa shape index (κ2) is 11.0. The van der Waals surface area contributed by atoms with E-state index in [0.29, 0.717) is 17.0 Å². The summed E-state index contributed by atoms with van der Waals surface area (Å²) in [6.07, 6.45) is 1.43. The van der Waals surface area contributed by atoms with Crippen LogP contribution >= 0.6 is 11.6 Å². The van der Waals surface area contributed by atoms with Crippen LogP contribution in [0.15, 0.2) is 72.3 Å². The minimum Gasteiger partial charge on any atom is -0.482 e. The summed E-state index contributed by atoms with van der Waals surface area (Å²) in [4.78, 5) is 24.6. The number of rotatable bonds is 7. The van der Waals surface area contributed by atoms with Gasteiger partial charge in [0.15, 0.2) is 6.61 Å². The number of anilines is 2. The Morgan fingerprint density at radius 3 is 2.48 bits per heavy atom. The number of hydrogen-bond acceptors (Lipinski definition) is 4. The Morgan fingerprint density at radius 2 is 1.79 bits per heavy atom. The van der Waals surface area contributed by atoms with Crippen LogP contribution < -0.4 is 15.4 Å². The molecule has 3 aromatic carbocycles. The van der Waals surface area contributed by atoms with Crippen LogP contribution in [0.1, 0.15) is 16.7 Å². The van der Waals surface area contributed by atoms with Crippen molar-refractivity contribution in [1.82, 2.24) is 0 Å². The molecule has 0 unspecified atom stereocenters. The highest BCUT2D eigenvalue weighted by molar-refractivity contribution is 6.32. The predicted octanol–water partition coefficient (Wildman–Crippen LogP) is 5.52. The summed E-state index contributed by atoms with van der Waals surface area (Å²) >= 11 is 6.29. The molecule has 6 nitrogen and oxygen atoms in total. The van der Waals surface area contributed by atoms with E-state index < -0.39 is 5.91 Å². The van der Waals surface area contributed by atoms with Crippen molar-refractivity contribution >= 4 is 40.9 Å². The standard InChI is InChI=1S/C26H22ClN3O3/c1-17-8-9-18(2)23(12-17)30-25(31)16-33-24-11-10-19(14-22(24)27)13-20(15-28)26(32)29-21-6-4-3-5-7-21/h3-14H,16H2,1-2H3,(H,29,32)(H,30,31)/b20-13+. The third kappa shape index (κ3) is 6.70. The number of nitriles is 1. The Morgan fingerprint density at radius 1 is 1.03 bits per heavy atom. The van der Waals surface area contributed by atoms with E-state index in [0.717, 1.165) is 16.8 Å². The predicted molar refractivity (Wildman–Crippen MR) is 130 cm³/mol. The number of amides is 2. The first-order valence-electron chi connectivity index (χ1n) is 10.1. The van der Waals surface area contributed by atoms with E-state index in [-0.39, 0.29) is 23.1 Å². The average Bonchev–Trinajstić information content (AvgIpc) is 2.80. The first-order valence-corrected chi connectivity index (χ1v) is 10.5. The van der Waals surface area contributed by atoms with Crippen molar-refractivity contribution in [3.63, 3.8) is 0 Å². The van der Waals surface area contributed by atoms with Gasteiger partial charge in [-0.15, -0.1) is 0 Å². The van der Waals surface area contributed by atoms with Crippen molar-refractivity contribution in [2.24, 2.45) is 0 Å². The second-order valence-electron chi connectivity index (χ2n) is 7.34. The summed E-state index contributed by atoms with van der Waals surface area (Å²) in [6.45, 7) is 3.64. The van der Waals surface area contributed by atoms with Crippen LogP contribution in [0.3, 0.4) is 0 Å². The Kier molecular flexibility index (Phi) is 7.85. The molecule has 0 spiro atoms. The number of carbonyl (C=O) groups is 2. The Bertz CT molecular complexity index is 1250. The number of nitrogens with one attached hydrogen (secondary N) is 2. The maximum Gasteiger partial charge on any atom is 0.266 e. The first-order chi connectivity index (χ1) is 15.9. The van der Waals surface area contributed by atoms with Crippen molar-refractivity contribution in [3.05, 3.63) is 94.0 Å². The van der Waals surface area contributed by atoms with E-state index in [1.165, 1.54) is 6.08 Å². The molecule has 0 saturated heterocycles. The first kappa shape index (κ1) is 23.6. The van der Waals surface area contributed by atoms with Gasteiger partial charge in [0.1, 0.15) is 17.4 Å². The molecular formula is C26H22ClN3O3. The molecule has 166 valence electrons. The van der Waals surface area contributed by atoms with Crippen LogP contribution in [0.25, 0.3) is 6.08 Å². The van der Waals surface area contributed by atoms with Gasteiger partial charge in [-0.1, -0.05) is 48.0 Å². The Balaban J connectivity index is 1.64. The smallest absolute Gasteiger partial charge is 0.266 e. The second-order valence-corrected chi connectivity index (χ2v) is 7.74. The number of ether oxygens (including phenoxy) is 1. The summed E-state index contributed by atoms with van der Waals surface area (Å²) < 4.78 is 5.54. The van der Waals surface area contributed by atoms with Gasteiger partial charge in [-0.2, -0.15) is 5.26 Å². The van der Waals surface area contributed by atoms with Crippen molar-refractivity contribution in [3.8, 4) is 11.8 Å². The quantitative estimate of drug-likeness (QED) is 0.359. The summed E-state index contributed by atoms with van der Waals surface area (Å²) in [7, 11) is 0. The van der Waals surface area contributed by atoms with Gasteiger partial charge in [0.05, 0.1) is 5.02 Å². The molecule has 2 N–H and O–H groups in total. The molecule has 0 aliphatic heterocycles. The molecular weight excluding hydrogens is 438 g/mol. The van der Waals surface area contributed by atoms with Gasteiger partial charge < -0.3 is 15.4 Å². The molecule has 0 aliphatic rings. The van der Waals surface area contributed by atoms with Crippen molar-refractivity contribution in [2.75, 3.05) is 17.2 Å². The topological polar surface area (TPSA) is 91.2 Å². The molecule has 7 heteroatoms. The Hall–Kier alpha value is -4.08. The average molecular weight is 460 g/mol. The molecule has 0 saturated carbocycles. The lowest BCUT2D eigenvalue weighted by molar-refractivity contribution is -0.118. The fraction of sp³-hybridized carbons (Fsp3) is 0.115. The van der Waals surface area contributed by atoms with Crippen molar-refractivity contribution in [2.45, 2.75) is 13.8 Å². The van der Waals surface area contributed by atoms with Gasteiger partial charge in [-0.3, -0.25) is 9.59 Å².